The molecule has 0 saturated carbocycles. The molecule has 2 aliphatic heterocycles. The van der Waals surface area contributed by atoms with Gasteiger partial charge in [-0.25, -0.2) is 4.98 Å². The predicted molar refractivity (Wildman–Crippen MR) is 73.2 cm³/mol. The van der Waals surface area contributed by atoms with Gasteiger partial charge in [0, 0.05) is 23.8 Å². The highest BCUT2D eigenvalue weighted by molar-refractivity contribution is 5.51. The Kier molecular flexibility index (Phi) is 2.19. The number of nitrogens with zero attached hydrogens (tertiary/aromatic N) is 5. The summed E-state index contributed by atoms with van der Waals surface area (Å²) in [7, 11) is 0. The van der Waals surface area contributed by atoms with Gasteiger partial charge in [0.15, 0.2) is 0 Å². The molecule has 2 atom stereocenters. The van der Waals surface area contributed by atoms with E-state index < -0.39 is 0 Å². The van der Waals surface area contributed by atoms with E-state index in [1.807, 2.05) is 11.4 Å². The lowest BCUT2D eigenvalue weighted by Crippen LogP contribution is -2.41. The summed E-state index contributed by atoms with van der Waals surface area (Å²) >= 11 is 0. The molecule has 4 heterocycles. The minimum absolute atomic E-state index is 0.570. The number of hydrogen-bond acceptors (Lipinski definition) is 4. The van der Waals surface area contributed by atoms with Crippen molar-refractivity contribution in [2.75, 3.05) is 4.90 Å². The largest absolute Gasteiger partial charge is 0.350 e. The maximum absolute atomic E-state index is 4.42. The fourth-order valence-electron chi connectivity index (χ4n) is 3.58. The van der Waals surface area contributed by atoms with Crippen LogP contribution in [0.4, 0.5) is 5.82 Å². The van der Waals surface area contributed by atoms with Crippen LogP contribution in [-0.4, -0.2) is 31.7 Å². The third kappa shape index (κ3) is 1.57. The van der Waals surface area contributed by atoms with Gasteiger partial charge in [0.05, 0.1) is 0 Å². The Morgan fingerprint density at radius 3 is 2.74 bits per heavy atom. The number of piperidine rings is 1. The topological polar surface area (TPSA) is 46.3 Å². The highest BCUT2D eigenvalue weighted by Gasteiger charge is 2.39. The lowest BCUT2D eigenvalue weighted by Gasteiger charge is -2.37. The van der Waals surface area contributed by atoms with Gasteiger partial charge in [-0.05, 0) is 32.6 Å². The molecule has 0 N–H and O–H groups in total. The van der Waals surface area contributed by atoms with Crippen LogP contribution in [0, 0.1) is 6.92 Å². The molecule has 0 aliphatic carbocycles. The molecule has 2 bridgehead atoms. The summed E-state index contributed by atoms with van der Waals surface area (Å²) in [5.41, 5.74) is 2.39. The van der Waals surface area contributed by atoms with Crippen molar-refractivity contribution in [3.05, 3.63) is 30.2 Å². The second-order valence-electron chi connectivity index (χ2n) is 5.68. The van der Waals surface area contributed by atoms with E-state index in [0.717, 1.165) is 24.4 Å². The first-order valence-electron chi connectivity index (χ1n) is 6.85. The minimum Gasteiger partial charge on any atom is -0.350 e. The predicted octanol–water partition coefficient (Wildman–Crippen LogP) is 2.12. The highest BCUT2D eigenvalue weighted by atomic mass is 15.4. The lowest BCUT2D eigenvalue weighted by atomic mass is 9.98. The van der Waals surface area contributed by atoms with E-state index in [1.54, 1.807) is 6.33 Å². The Morgan fingerprint density at radius 1 is 1.26 bits per heavy atom. The summed E-state index contributed by atoms with van der Waals surface area (Å²) in [6.45, 7) is 6.20. The fourth-order valence-corrected chi connectivity index (χ4v) is 3.58. The van der Waals surface area contributed by atoms with E-state index in [4.69, 9.17) is 0 Å². The second kappa shape index (κ2) is 3.79. The van der Waals surface area contributed by atoms with Gasteiger partial charge in [0.25, 0.3) is 5.78 Å². The van der Waals surface area contributed by atoms with Gasteiger partial charge >= 0.3 is 0 Å². The molecule has 2 unspecified atom stereocenters. The number of aromatic nitrogens is 4. The van der Waals surface area contributed by atoms with Gasteiger partial charge in [-0.15, -0.1) is 0 Å². The van der Waals surface area contributed by atoms with Crippen molar-refractivity contribution in [2.45, 2.75) is 44.7 Å². The van der Waals surface area contributed by atoms with Gasteiger partial charge in [-0.3, -0.25) is 0 Å². The molecule has 0 amide bonds. The van der Waals surface area contributed by atoms with Crippen molar-refractivity contribution >= 4 is 11.6 Å². The van der Waals surface area contributed by atoms with E-state index in [2.05, 4.69) is 32.6 Å². The van der Waals surface area contributed by atoms with Crippen LogP contribution in [-0.2, 0) is 0 Å². The quantitative estimate of drug-likeness (QED) is 0.732. The fraction of sp³-hybridized carbons (Fsp3) is 0.500. The van der Waals surface area contributed by atoms with Crippen molar-refractivity contribution in [3.63, 3.8) is 0 Å². The SMILES string of the molecule is C=C1CC2CCC(C1)N2c1cc(C)nc2ncnn12. The van der Waals surface area contributed by atoms with Gasteiger partial charge in [0.2, 0.25) is 0 Å². The van der Waals surface area contributed by atoms with Crippen molar-refractivity contribution < 1.29 is 0 Å². The first-order valence-corrected chi connectivity index (χ1v) is 6.85. The number of hydrogen-bond donors (Lipinski definition) is 0. The molecule has 2 aliphatic rings. The van der Waals surface area contributed by atoms with E-state index in [0.29, 0.717) is 17.9 Å². The Balaban J connectivity index is 1.86. The lowest BCUT2D eigenvalue weighted by molar-refractivity contribution is 0.539. The van der Waals surface area contributed by atoms with Crippen LogP contribution in [0.5, 0.6) is 0 Å². The molecule has 5 nitrogen and oxygen atoms in total. The number of fused-ring (bicyclic) bond motifs is 3. The summed E-state index contributed by atoms with van der Waals surface area (Å²) in [6.07, 6.45) is 6.29. The summed E-state index contributed by atoms with van der Waals surface area (Å²) in [4.78, 5) is 11.2. The second-order valence-corrected chi connectivity index (χ2v) is 5.68. The molecule has 98 valence electrons. The molecule has 2 aromatic heterocycles. The maximum atomic E-state index is 4.42. The molecule has 4 rings (SSSR count). The van der Waals surface area contributed by atoms with Crippen molar-refractivity contribution in [2.24, 2.45) is 0 Å². The average molecular weight is 255 g/mol. The molecular weight excluding hydrogens is 238 g/mol. The number of aryl methyl sites for hydroxylation is 1. The van der Waals surface area contributed by atoms with Gasteiger partial charge in [0.1, 0.15) is 12.1 Å². The van der Waals surface area contributed by atoms with Crippen LogP contribution in [0.15, 0.2) is 24.5 Å². The normalized spacial score (nSPS) is 26.4. The van der Waals surface area contributed by atoms with E-state index in [-0.39, 0.29) is 0 Å². The molecule has 5 heteroatoms. The first-order chi connectivity index (χ1) is 9.22. The number of anilines is 1. The van der Waals surface area contributed by atoms with Crippen molar-refractivity contribution in [1.29, 1.82) is 0 Å². The standard InChI is InChI=1S/C14H17N5/c1-9-5-11-3-4-12(6-9)18(11)13-7-10(2)17-14-15-8-16-19(13)14/h7-8,11-12H,1,3-6H2,2H3. The summed E-state index contributed by atoms with van der Waals surface area (Å²) in [5.74, 6) is 1.83. The van der Waals surface area contributed by atoms with Crippen LogP contribution in [0.1, 0.15) is 31.4 Å². The molecule has 2 fully saturated rings. The zero-order valence-electron chi connectivity index (χ0n) is 11.1. The first kappa shape index (κ1) is 11.0. The molecule has 0 aromatic carbocycles. The smallest absolute Gasteiger partial charge is 0.254 e. The van der Waals surface area contributed by atoms with Crippen LogP contribution >= 0.6 is 0 Å². The molecular formula is C14H17N5. The summed E-state index contributed by atoms with van der Waals surface area (Å²) in [5, 5.41) is 4.33. The van der Waals surface area contributed by atoms with Crippen molar-refractivity contribution in [1.82, 2.24) is 19.6 Å². The summed E-state index contributed by atoms with van der Waals surface area (Å²) < 4.78 is 1.87. The van der Waals surface area contributed by atoms with Gasteiger partial charge in [-0.1, -0.05) is 12.2 Å². The van der Waals surface area contributed by atoms with Crippen LogP contribution < -0.4 is 4.90 Å². The minimum atomic E-state index is 0.570. The molecule has 2 saturated heterocycles. The van der Waals surface area contributed by atoms with E-state index in [1.165, 1.54) is 18.4 Å². The third-order valence-corrected chi connectivity index (χ3v) is 4.29. The molecule has 0 radical (unpaired) electrons. The Bertz CT molecular complexity index is 643. The van der Waals surface area contributed by atoms with E-state index in [9.17, 15) is 0 Å². The van der Waals surface area contributed by atoms with E-state index >= 15 is 0 Å². The molecule has 19 heavy (non-hydrogen) atoms. The Morgan fingerprint density at radius 2 is 2.00 bits per heavy atom. The zero-order chi connectivity index (χ0) is 13.0. The third-order valence-electron chi connectivity index (χ3n) is 4.29. The van der Waals surface area contributed by atoms with Gasteiger partial charge < -0.3 is 4.90 Å². The zero-order valence-corrected chi connectivity index (χ0v) is 11.1. The molecule has 0 spiro atoms. The average Bonchev–Trinajstić information content (AvgIpc) is 2.92. The van der Waals surface area contributed by atoms with Crippen LogP contribution in [0.3, 0.4) is 0 Å². The Hall–Kier alpha value is -1.91. The monoisotopic (exact) mass is 255 g/mol. The highest BCUT2D eigenvalue weighted by Crippen LogP contribution is 2.40. The summed E-state index contributed by atoms with van der Waals surface area (Å²) in [6, 6.07) is 3.27. The van der Waals surface area contributed by atoms with Crippen LogP contribution in [0.25, 0.3) is 5.78 Å². The van der Waals surface area contributed by atoms with Crippen molar-refractivity contribution in [3.8, 4) is 0 Å². The van der Waals surface area contributed by atoms with Crippen LogP contribution in [0.2, 0.25) is 0 Å². The van der Waals surface area contributed by atoms with Gasteiger partial charge in [-0.2, -0.15) is 14.6 Å². The Labute approximate surface area is 112 Å². The number of rotatable bonds is 1. The maximum Gasteiger partial charge on any atom is 0.254 e. The molecule has 2 aromatic rings.